The molecule has 5 heteroatoms. The van der Waals surface area contributed by atoms with Gasteiger partial charge < -0.3 is 15.2 Å². The monoisotopic (exact) mass is 293 g/mol. The first-order valence-corrected chi connectivity index (χ1v) is 6.60. The highest BCUT2D eigenvalue weighted by Crippen LogP contribution is 2.34. The molecule has 0 spiro atoms. The molecule has 0 amide bonds. The molecule has 1 aliphatic rings. The van der Waals surface area contributed by atoms with Crippen molar-refractivity contribution in [2.24, 2.45) is 5.73 Å². The summed E-state index contributed by atoms with van der Waals surface area (Å²) in [5.41, 5.74) is 7.57. The Bertz CT molecular complexity index is 648. The average Bonchev–Trinajstić information content (AvgIpc) is 2.81. The van der Waals surface area contributed by atoms with Crippen molar-refractivity contribution >= 4 is 11.6 Å². The van der Waals surface area contributed by atoms with Gasteiger partial charge in [-0.1, -0.05) is 17.7 Å². The normalized spacial score (nSPS) is 16.6. The SMILES string of the molecule is NC1COc2cc(OCc3ccc(Cl)c(F)c3)ccc21. The maximum absolute atomic E-state index is 13.3. The van der Waals surface area contributed by atoms with E-state index in [9.17, 15) is 4.39 Å². The Morgan fingerprint density at radius 1 is 1.30 bits per heavy atom. The van der Waals surface area contributed by atoms with Crippen molar-refractivity contribution in [3.05, 3.63) is 58.4 Å². The van der Waals surface area contributed by atoms with Crippen molar-refractivity contribution in [2.45, 2.75) is 12.6 Å². The molecule has 1 unspecified atom stereocenters. The first kappa shape index (κ1) is 13.2. The zero-order chi connectivity index (χ0) is 14.1. The van der Waals surface area contributed by atoms with Crippen LogP contribution >= 0.6 is 11.6 Å². The molecule has 3 nitrogen and oxygen atoms in total. The van der Waals surface area contributed by atoms with Gasteiger partial charge >= 0.3 is 0 Å². The van der Waals surface area contributed by atoms with Crippen LogP contribution in [0.15, 0.2) is 36.4 Å². The number of hydrogen-bond donors (Lipinski definition) is 1. The smallest absolute Gasteiger partial charge is 0.142 e. The lowest BCUT2D eigenvalue weighted by atomic mass is 10.1. The molecular weight excluding hydrogens is 281 g/mol. The molecule has 0 saturated carbocycles. The second-order valence-electron chi connectivity index (χ2n) is 4.65. The van der Waals surface area contributed by atoms with Gasteiger partial charge in [-0.25, -0.2) is 4.39 Å². The van der Waals surface area contributed by atoms with Crippen molar-refractivity contribution in [1.29, 1.82) is 0 Å². The Hall–Kier alpha value is -1.78. The van der Waals surface area contributed by atoms with E-state index in [0.717, 1.165) is 11.3 Å². The molecule has 1 heterocycles. The van der Waals surface area contributed by atoms with E-state index in [1.807, 2.05) is 12.1 Å². The molecule has 1 atom stereocenters. The van der Waals surface area contributed by atoms with Gasteiger partial charge in [0.1, 0.15) is 30.5 Å². The van der Waals surface area contributed by atoms with E-state index < -0.39 is 5.82 Å². The highest BCUT2D eigenvalue weighted by molar-refractivity contribution is 6.30. The van der Waals surface area contributed by atoms with Crippen LogP contribution in [-0.4, -0.2) is 6.61 Å². The highest BCUT2D eigenvalue weighted by atomic mass is 35.5. The van der Waals surface area contributed by atoms with Crippen LogP contribution in [0.4, 0.5) is 4.39 Å². The maximum atomic E-state index is 13.3. The van der Waals surface area contributed by atoms with Crippen molar-refractivity contribution in [1.82, 2.24) is 0 Å². The van der Waals surface area contributed by atoms with Gasteiger partial charge in [-0.15, -0.1) is 0 Å². The molecule has 0 saturated heterocycles. The Kier molecular flexibility index (Phi) is 3.51. The average molecular weight is 294 g/mol. The van der Waals surface area contributed by atoms with Crippen LogP contribution in [0.2, 0.25) is 5.02 Å². The van der Waals surface area contributed by atoms with E-state index >= 15 is 0 Å². The van der Waals surface area contributed by atoms with Crippen molar-refractivity contribution in [3.8, 4) is 11.5 Å². The van der Waals surface area contributed by atoms with Crippen LogP contribution in [0.5, 0.6) is 11.5 Å². The third kappa shape index (κ3) is 2.57. The molecule has 0 aromatic heterocycles. The fraction of sp³-hybridized carbons (Fsp3) is 0.200. The minimum absolute atomic E-state index is 0.0792. The number of nitrogens with two attached hydrogens (primary N) is 1. The van der Waals surface area contributed by atoms with Crippen LogP contribution in [0.1, 0.15) is 17.2 Å². The van der Waals surface area contributed by atoms with Crippen molar-refractivity contribution < 1.29 is 13.9 Å². The van der Waals surface area contributed by atoms with E-state index in [-0.39, 0.29) is 17.7 Å². The lowest BCUT2D eigenvalue weighted by molar-refractivity contribution is 0.300. The van der Waals surface area contributed by atoms with Crippen LogP contribution in [0, 0.1) is 5.82 Å². The zero-order valence-corrected chi connectivity index (χ0v) is 11.4. The van der Waals surface area contributed by atoms with Gasteiger partial charge in [0.05, 0.1) is 11.1 Å². The molecule has 0 radical (unpaired) electrons. The van der Waals surface area contributed by atoms with Gasteiger partial charge in [0.2, 0.25) is 0 Å². The predicted octanol–water partition coefficient (Wildman–Crippen LogP) is 3.45. The molecule has 3 rings (SSSR count). The largest absolute Gasteiger partial charge is 0.491 e. The van der Waals surface area contributed by atoms with Crippen LogP contribution in [-0.2, 0) is 6.61 Å². The summed E-state index contributed by atoms with van der Waals surface area (Å²) in [6.07, 6.45) is 0. The second-order valence-corrected chi connectivity index (χ2v) is 5.06. The third-order valence-corrected chi connectivity index (χ3v) is 3.50. The molecule has 2 aromatic carbocycles. The summed E-state index contributed by atoms with van der Waals surface area (Å²) in [6.45, 7) is 0.750. The predicted molar refractivity (Wildman–Crippen MR) is 74.6 cm³/mol. The molecule has 0 bridgehead atoms. The van der Waals surface area contributed by atoms with Crippen LogP contribution in [0.25, 0.3) is 0 Å². The quantitative estimate of drug-likeness (QED) is 0.942. The fourth-order valence-electron chi connectivity index (χ4n) is 2.10. The topological polar surface area (TPSA) is 44.5 Å². The van der Waals surface area contributed by atoms with Crippen molar-refractivity contribution in [2.75, 3.05) is 6.61 Å². The highest BCUT2D eigenvalue weighted by Gasteiger charge is 2.20. The molecule has 20 heavy (non-hydrogen) atoms. The lowest BCUT2D eigenvalue weighted by Gasteiger charge is -2.08. The molecule has 0 aliphatic carbocycles. The number of fused-ring (bicyclic) bond motifs is 1. The number of benzene rings is 2. The van der Waals surface area contributed by atoms with Crippen LogP contribution < -0.4 is 15.2 Å². The third-order valence-electron chi connectivity index (χ3n) is 3.19. The van der Waals surface area contributed by atoms with Crippen molar-refractivity contribution in [3.63, 3.8) is 0 Å². The lowest BCUT2D eigenvalue weighted by Crippen LogP contribution is -2.10. The maximum Gasteiger partial charge on any atom is 0.142 e. The molecule has 1 aliphatic heterocycles. The van der Waals surface area contributed by atoms with E-state index in [0.29, 0.717) is 17.9 Å². The summed E-state index contributed by atoms with van der Waals surface area (Å²) in [4.78, 5) is 0. The summed E-state index contributed by atoms with van der Waals surface area (Å²) in [5.74, 6) is 0.960. The first-order valence-electron chi connectivity index (χ1n) is 6.22. The summed E-state index contributed by atoms with van der Waals surface area (Å²) in [5, 5.41) is 0.105. The minimum atomic E-state index is -0.448. The van der Waals surface area contributed by atoms with E-state index in [4.69, 9.17) is 26.8 Å². The Balaban J connectivity index is 1.71. The summed E-state index contributed by atoms with van der Waals surface area (Å²) in [6, 6.07) is 10.1. The molecule has 0 fully saturated rings. The Morgan fingerprint density at radius 2 is 2.15 bits per heavy atom. The van der Waals surface area contributed by atoms with Gasteiger partial charge in [-0.05, 0) is 29.8 Å². The number of ether oxygens (including phenoxy) is 2. The molecular formula is C15H13ClFNO2. The number of hydrogen-bond acceptors (Lipinski definition) is 3. The number of rotatable bonds is 3. The molecule has 2 aromatic rings. The van der Waals surface area contributed by atoms with Gasteiger partial charge in [0.15, 0.2) is 0 Å². The summed E-state index contributed by atoms with van der Waals surface area (Å²) >= 11 is 5.63. The van der Waals surface area contributed by atoms with Gasteiger partial charge in [0.25, 0.3) is 0 Å². The van der Waals surface area contributed by atoms with E-state index in [2.05, 4.69) is 0 Å². The number of halogens is 2. The summed E-state index contributed by atoms with van der Waals surface area (Å²) < 4.78 is 24.4. The van der Waals surface area contributed by atoms with Gasteiger partial charge in [-0.2, -0.15) is 0 Å². The van der Waals surface area contributed by atoms with E-state index in [1.54, 1.807) is 12.1 Å². The van der Waals surface area contributed by atoms with E-state index in [1.165, 1.54) is 12.1 Å². The molecule has 104 valence electrons. The Labute approximate surface area is 121 Å². The first-order chi connectivity index (χ1) is 9.63. The summed E-state index contributed by atoms with van der Waals surface area (Å²) in [7, 11) is 0. The Morgan fingerprint density at radius 3 is 2.95 bits per heavy atom. The standard InChI is InChI=1S/C15H13ClFNO2/c16-12-4-1-9(5-13(12)17)7-19-10-2-3-11-14(18)8-20-15(11)6-10/h1-6,14H,7-8,18H2. The molecule has 2 N–H and O–H groups in total. The second kappa shape index (κ2) is 5.31. The minimum Gasteiger partial charge on any atom is -0.491 e. The fourth-order valence-corrected chi connectivity index (χ4v) is 2.22. The zero-order valence-electron chi connectivity index (χ0n) is 10.6. The van der Waals surface area contributed by atoms with Gasteiger partial charge in [0, 0.05) is 11.6 Å². The van der Waals surface area contributed by atoms with Gasteiger partial charge in [-0.3, -0.25) is 0 Å². The van der Waals surface area contributed by atoms with Crippen LogP contribution in [0.3, 0.4) is 0 Å².